The zero-order valence-electron chi connectivity index (χ0n) is 23.0. The van der Waals surface area contributed by atoms with Gasteiger partial charge in [-0.25, -0.2) is 0 Å². The number of hydrogen-bond donors (Lipinski definition) is 1. The van der Waals surface area contributed by atoms with Gasteiger partial charge in [0.2, 0.25) is 5.91 Å². The second-order valence-corrected chi connectivity index (χ2v) is 12.4. The number of rotatable bonds is 7. The second-order valence-electron chi connectivity index (χ2n) is 12.0. The Morgan fingerprint density at radius 1 is 1.29 bits per heavy atom. The number of hydrogen-bond acceptors (Lipinski definition) is 4. The van der Waals surface area contributed by atoms with E-state index in [0.29, 0.717) is 18.9 Å². The number of halogens is 1. The van der Waals surface area contributed by atoms with E-state index in [2.05, 4.69) is 48.7 Å². The summed E-state index contributed by atoms with van der Waals surface area (Å²) in [5.74, 6) is 1.78. The van der Waals surface area contributed by atoms with Crippen LogP contribution in [0.4, 0.5) is 5.69 Å². The number of benzene rings is 2. The molecule has 1 fully saturated rings. The second kappa shape index (κ2) is 10.9. The van der Waals surface area contributed by atoms with Gasteiger partial charge in [0, 0.05) is 44.0 Å². The zero-order valence-corrected chi connectivity index (χ0v) is 23.7. The summed E-state index contributed by atoms with van der Waals surface area (Å²) in [5, 5.41) is 11.4. The average Bonchev–Trinajstić information content (AvgIpc) is 3.03. The highest BCUT2D eigenvalue weighted by atomic mass is 35.5. The molecule has 2 aliphatic carbocycles. The van der Waals surface area contributed by atoms with E-state index in [0.717, 1.165) is 67.2 Å². The lowest BCUT2D eigenvalue weighted by atomic mass is 9.68. The Morgan fingerprint density at radius 3 is 2.82 bits per heavy atom. The van der Waals surface area contributed by atoms with Gasteiger partial charge in [0.15, 0.2) is 0 Å². The Hall–Kier alpha value is -2.50. The number of ether oxygens (including phenoxy) is 1. The van der Waals surface area contributed by atoms with E-state index in [-0.39, 0.29) is 23.2 Å². The fourth-order valence-corrected chi connectivity index (χ4v) is 6.92. The molecule has 1 saturated carbocycles. The van der Waals surface area contributed by atoms with Gasteiger partial charge in [-0.3, -0.25) is 4.79 Å². The van der Waals surface area contributed by atoms with Gasteiger partial charge in [0.05, 0.1) is 18.4 Å². The molecular weight excluding hydrogens is 496 g/mol. The largest absolute Gasteiger partial charge is 0.490 e. The summed E-state index contributed by atoms with van der Waals surface area (Å²) >= 11 is 6.39. The lowest BCUT2D eigenvalue weighted by Crippen LogP contribution is -2.49. The highest BCUT2D eigenvalue weighted by Gasteiger charge is 2.44. The standard InChI is InChI=1S/C32H41ClN2O3/c1-5-29(36)26-11-8-24(26)18-35-19-32(14-6-7-23-16-25(33)10-12-27(23)32)20-38-30-13-9-22(17-28(30)35)21(2)15-31(37)34(3)4/h5,9-10,12-13,16-17,21,24,26,29,36H,1,6-8,11,14-15,18-20H2,2-4H3/t21-,24+,26-,29?,32+/m1/s1. The molecule has 0 bridgehead atoms. The van der Waals surface area contributed by atoms with Crippen molar-refractivity contribution in [1.29, 1.82) is 0 Å². The van der Waals surface area contributed by atoms with Crippen molar-refractivity contribution in [3.05, 3.63) is 70.8 Å². The number of amides is 1. The van der Waals surface area contributed by atoms with Crippen molar-refractivity contribution in [3.8, 4) is 5.75 Å². The fraction of sp³-hybridized carbons (Fsp3) is 0.531. The van der Waals surface area contributed by atoms with Gasteiger partial charge >= 0.3 is 0 Å². The van der Waals surface area contributed by atoms with E-state index in [1.807, 2.05) is 20.2 Å². The molecule has 5 rings (SSSR count). The number of carbonyl (C=O) groups is 1. The van der Waals surface area contributed by atoms with Crippen LogP contribution in [0.3, 0.4) is 0 Å². The first-order chi connectivity index (χ1) is 18.2. The summed E-state index contributed by atoms with van der Waals surface area (Å²) in [7, 11) is 3.62. The van der Waals surface area contributed by atoms with Crippen LogP contribution < -0.4 is 9.64 Å². The van der Waals surface area contributed by atoms with Crippen LogP contribution in [0.15, 0.2) is 49.1 Å². The highest BCUT2D eigenvalue weighted by molar-refractivity contribution is 6.30. The predicted octanol–water partition coefficient (Wildman–Crippen LogP) is 5.97. The summed E-state index contributed by atoms with van der Waals surface area (Å²) in [4.78, 5) is 16.6. The minimum atomic E-state index is -0.466. The minimum absolute atomic E-state index is 0.103. The van der Waals surface area contributed by atoms with E-state index < -0.39 is 6.10 Å². The third-order valence-corrected chi connectivity index (χ3v) is 9.46. The van der Waals surface area contributed by atoms with Gasteiger partial charge in [-0.15, -0.1) is 6.58 Å². The SMILES string of the molecule is C=CC(O)[C@@H]1CC[C@H]1CN1C[C@@]2(CCCc3cc(Cl)ccc32)COc2ccc([C@H](C)CC(=O)N(C)C)cc21. The van der Waals surface area contributed by atoms with Crippen LogP contribution >= 0.6 is 11.6 Å². The molecule has 1 aliphatic heterocycles. The summed E-state index contributed by atoms with van der Waals surface area (Å²) in [6, 6.07) is 12.8. The molecule has 5 nitrogen and oxygen atoms in total. The Bertz CT molecular complexity index is 1200. The Balaban J connectivity index is 1.51. The molecule has 0 radical (unpaired) electrons. The van der Waals surface area contributed by atoms with Gasteiger partial charge in [-0.1, -0.05) is 36.7 Å². The highest BCUT2D eigenvalue weighted by Crippen LogP contribution is 2.47. The Morgan fingerprint density at radius 2 is 2.11 bits per heavy atom. The average molecular weight is 537 g/mol. The first-order valence-electron chi connectivity index (χ1n) is 14.0. The normalized spacial score (nSPS) is 25.8. The number of fused-ring (bicyclic) bond motifs is 3. The smallest absolute Gasteiger partial charge is 0.222 e. The first kappa shape index (κ1) is 27.1. The number of aliphatic hydroxyl groups excluding tert-OH is 1. The summed E-state index contributed by atoms with van der Waals surface area (Å²) in [5.41, 5.74) is 4.81. The lowest BCUT2D eigenvalue weighted by molar-refractivity contribution is -0.129. The molecule has 38 heavy (non-hydrogen) atoms. The van der Waals surface area contributed by atoms with Gasteiger partial charge in [0.25, 0.3) is 0 Å². The van der Waals surface area contributed by atoms with Crippen LogP contribution in [0.25, 0.3) is 0 Å². The Kier molecular flexibility index (Phi) is 7.79. The quantitative estimate of drug-likeness (QED) is 0.443. The van der Waals surface area contributed by atoms with E-state index >= 15 is 0 Å². The molecule has 1 spiro atoms. The number of nitrogens with zero attached hydrogens (tertiary/aromatic N) is 2. The molecule has 1 N–H and O–H groups in total. The summed E-state index contributed by atoms with van der Waals surface area (Å²) in [6.07, 6.45) is 7.04. The molecule has 5 atom stereocenters. The van der Waals surface area contributed by atoms with E-state index in [1.165, 1.54) is 11.1 Å². The fourth-order valence-electron chi connectivity index (χ4n) is 6.73. The number of carbonyl (C=O) groups excluding carboxylic acids is 1. The number of anilines is 1. The van der Waals surface area contributed by atoms with Crippen molar-refractivity contribution >= 4 is 23.2 Å². The zero-order chi connectivity index (χ0) is 27.0. The maximum absolute atomic E-state index is 12.4. The predicted molar refractivity (Wildman–Crippen MR) is 154 cm³/mol. The minimum Gasteiger partial charge on any atom is -0.490 e. The van der Waals surface area contributed by atoms with Crippen molar-refractivity contribution < 1.29 is 14.6 Å². The van der Waals surface area contributed by atoms with E-state index in [9.17, 15) is 9.90 Å². The molecule has 2 aromatic carbocycles. The van der Waals surface area contributed by atoms with E-state index in [1.54, 1.807) is 11.0 Å². The number of aryl methyl sites for hydroxylation is 1. The summed E-state index contributed by atoms with van der Waals surface area (Å²) in [6.45, 7) is 8.31. The van der Waals surface area contributed by atoms with Gasteiger partial charge in [0.1, 0.15) is 5.75 Å². The van der Waals surface area contributed by atoms with Crippen molar-refractivity contribution in [1.82, 2.24) is 4.90 Å². The van der Waals surface area contributed by atoms with Crippen LogP contribution in [0.5, 0.6) is 5.75 Å². The van der Waals surface area contributed by atoms with Crippen molar-refractivity contribution in [2.75, 3.05) is 38.7 Å². The van der Waals surface area contributed by atoms with Gasteiger partial charge in [-0.2, -0.15) is 0 Å². The van der Waals surface area contributed by atoms with Crippen molar-refractivity contribution in [2.24, 2.45) is 11.8 Å². The van der Waals surface area contributed by atoms with E-state index in [4.69, 9.17) is 16.3 Å². The molecule has 1 amide bonds. The van der Waals surface area contributed by atoms with Crippen LogP contribution in [0.2, 0.25) is 5.02 Å². The monoisotopic (exact) mass is 536 g/mol. The molecule has 2 aromatic rings. The van der Waals surface area contributed by atoms with Crippen LogP contribution in [0, 0.1) is 11.8 Å². The van der Waals surface area contributed by atoms with Crippen LogP contribution in [-0.4, -0.2) is 55.8 Å². The van der Waals surface area contributed by atoms with Gasteiger partial charge < -0.3 is 19.6 Å². The molecular formula is C32H41ClN2O3. The third kappa shape index (κ3) is 5.20. The molecule has 204 valence electrons. The van der Waals surface area contributed by atoms with Crippen molar-refractivity contribution in [3.63, 3.8) is 0 Å². The molecule has 1 unspecified atom stereocenters. The maximum atomic E-state index is 12.4. The molecule has 0 aromatic heterocycles. The van der Waals surface area contributed by atoms with Crippen LogP contribution in [-0.2, 0) is 16.6 Å². The van der Waals surface area contributed by atoms with Gasteiger partial charge in [-0.05, 0) is 90.8 Å². The third-order valence-electron chi connectivity index (χ3n) is 9.22. The summed E-state index contributed by atoms with van der Waals surface area (Å²) < 4.78 is 6.63. The first-order valence-corrected chi connectivity index (χ1v) is 14.4. The van der Waals surface area contributed by atoms with Crippen LogP contribution in [0.1, 0.15) is 61.6 Å². The maximum Gasteiger partial charge on any atom is 0.222 e. The molecule has 3 aliphatic rings. The molecule has 0 saturated heterocycles. The lowest BCUT2D eigenvalue weighted by Gasteiger charge is -2.45. The Labute approximate surface area is 232 Å². The molecule has 6 heteroatoms. The topological polar surface area (TPSA) is 53.0 Å². The number of aliphatic hydroxyl groups is 1. The molecule has 1 heterocycles. The van der Waals surface area contributed by atoms with Crippen molar-refractivity contribution in [2.45, 2.75) is 62.9 Å².